The Morgan fingerprint density at radius 3 is 2.81 bits per heavy atom. The van der Waals surface area contributed by atoms with Gasteiger partial charge < -0.3 is 19.4 Å². The number of fused-ring (bicyclic) bond motifs is 1. The first-order valence-electron chi connectivity index (χ1n) is 9.66. The van der Waals surface area contributed by atoms with Crippen LogP contribution in [0.15, 0.2) is 42.5 Å². The van der Waals surface area contributed by atoms with Gasteiger partial charge in [0, 0.05) is 32.1 Å². The van der Waals surface area contributed by atoms with Crippen LogP contribution in [-0.2, 0) is 20.1 Å². The number of methoxy groups -OCH3 is 1. The molecule has 1 saturated heterocycles. The largest absolute Gasteiger partial charge is 0.497 e. The fourth-order valence-corrected chi connectivity index (χ4v) is 3.77. The third-order valence-electron chi connectivity index (χ3n) is 4.50. The van der Waals surface area contributed by atoms with Gasteiger partial charge in [0.05, 0.1) is 19.5 Å². The topological polar surface area (TPSA) is 48.3 Å². The van der Waals surface area contributed by atoms with Gasteiger partial charge in [-0.15, -0.1) is 11.8 Å². The van der Waals surface area contributed by atoms with Crippen molar-refractivity contribution in [3.05, 3.63) is 53.9 Å². The number of benzene rings is 2. The maximum Gasteiger partial charge on any atom is 0.147 e. The summed E-state index contributed by atoms with van der Waals surface area (Å²) < 4.78 is 28.9. The number of hydrogen-bond donors (Lipinski definition) is 1. The Bertz CT molecular complexity index is 964. The molecule has 1 aliphatic rings. The molecule has 0 spiro atoms. The summed E-state index contributed by atoms with van der Waals surface area (Å²) in [4.78, 5) is 4.64. The number of thioether (sulfide) groups is 1. The molecule has 6 heteroatoms. The fraction of sp³-hybridized carbons (Fsp3) is 0.350. The summed E-state index contributed by atoms with van der Waals surface area (Å²) >= 11 is 1.50. The molecule has 1 aromatic heterocycles. The van der Waals surface area contributed by atoms with Gasteiger partial charge in [0.15, 0.2) is 0 Å². The van der Waals surface area contributed by atoms with Crippen LogP contribution in [0.2, 0.25) is 0 Å². The van der Waals surface area contributed by atoms with E-state index in [1.165, 1.54) is 11.8 Å². The number of aromatic nitrogens is 2. The van der Waals surface area contributed by atoms with Gasteiger partial charge in [-0.25, -0.2) is 4.98 Å². The van der Waals surface area contributed by atoms with Gasteiger partial charge >= 0.3 is 0 Å². The van der Waals surface area contributed by atoms with Crippen molar-refractivity contribution in [2.75, 3.05) is 19.5 Å². The van der Waals surface area contributed by atoms with Crippen LogP contribution >= 0.6 is 11.8 Å². The lowest BCUT2D eigenvalue weighted by Gasteiger charge is -2.10. The maximum atomic E-state index is 7.97. The zero-order chi connectivity index (χ0) is 19.7. The predicted octanol–water partition coefficient (Wildman–Crippen LogP) is 3.37. The van der Waals surface area contributed by atoms with Crippen molar-refractivity contribution in [1.82, 2.24) is 14.9 Å². The molecule has 2 heterocycles. The van der Waals surface area contributed by atoms with Gasteiger partial charge in [-0.05, 0) is 36.2 Å². The summed E-state index contributed by atoms with van der Waals surface area (Å²) in [5.41, 5.74) is 3.07. The molecule has 26 heavy (non-hydrogen) atoms. The van der Waals surface area contributed by atoms with Crippen molar-refractivity contribution in [3.63, 3.8) is 0 Å². The van der Waals surface area contributed by atoms with Gasteiger partial charge in [0.1, 0.15) is 23.9 Å². The molecule has 0 saturated carbocycles. The Hall–Kier alpha value is -2.18. The third-order valence-corrected chi connectivity index (χ3v) is 5.43. The van der Waals surface area contributed by atoms with Crippen molar-refractivity contribution in [2.45, 2.75) is 18.3 Å². The van der Waals surface area contributed by atoms with E-state index < -0.39 is 5.85 Å². The van der Waals surface area contributed by atoms with Crippen molar-refractivity contribution in [1.29, 1.82) is 0 Å². The number of rotatable bonds is 6. The quantitative estimate of drug-likeness (QED) is 0.720. The Balaban J connectivity index is 1.40. The Labute approximate surface area is 160 Å². The van der Waals surface area contributed by atoms with E-state index in [1.807, 2.05) is 54.1 Å². The molecule has 1 fully saturated rings. The van der Waals surface area contributed by atoms with Gasteiger partial charge in [0.2, 0.25) is 0 Å². The van der Waals surface area contributed by atoms with Crippen LogP contribution in [0.5, 0.6) is 11.5 Å². The summed E-state index contributed by atoms with van der Waals surface area (Å²) in [6, 6.07) is 13.8. The molecule has 1 N–H and O–H groups in total. The highest BCUT2D eigenvalue weighted by Gasteiger charge is 2.15. The molecule has 2 aromatic carbocycles. The zero-order valence-corrected chi connectivity index (χ0v) is 15.6. The van der Waals surface area contributed by atoms with Gasteiger partial charge in [0.25, 0.3) is 0 Å². The van der Waals surface area contributed by atoms with Crippen LogP contribution in [0.1, 0.15) is 14.1 Å². The maximum absolute atomic E-state index is 7.97. The Kier molecular flexibility index (Phi) is 4.36. The minimum atomic E-state index is -0.400. The molecule has 0 aliphatic carbocycles. The molecular formula is C20H23N3O2S. The van der Waals surface area contributed by atoms with E-state index in [4.69, 9.17) is 12.2 Å². The molecule has 3 unspecified atom stereocenters. The lowest BCUT2D eigenvalue weighted by atomic mass is 10.1. The summed E-state index contributed by atoms with van der Waals surface area (Å²) in [6.45, 7) is -0.00974. The first kappa shape index (κ1) is 14.9. The predicted molar refractivity (Wildman–Crippen MR) is 106 cm³/mol. The number of ether oxygens (including phenoxy) is 2. The van der Waals surface area contributed by atoms with E-state index >= 15 is 0 Å². The number of aryl methyl sites for hydroxylation is 1. The minimum absolute atomic E-state index is 0.103. The van der Waals surface area contributed by atoms with Crippen LogP contribution in [0.4, 0.5) is 0 Å². The smallest absolute Gasteiger partial charge is 0.147 e. The highest BCUT2D eigenvalue weighted by Crippen LogP contribution is 2.23. The molecule has 0 amide bonds. The van der Waals surface area contributed by atoms with Crippen molar-refractivity contribution >= 4 is 22.8 Å². The molecule has 0 radical (unpaired) electrons. The van der Waals surface area contributed by atoms with Crippen molar-refractivity contribution in [2.24, 2.45) is 7.05 Å². The van der Waals surface area contributed by atoms with Crippen LogP contribution in [-0.4, -0.2) is 34.3 Å². The fourth-order valence-electron chi connectivity index (χ4n) is 3.00. The van der Waals surface area contributed by atoms with Gasteiger partial charge in [-0.3, -0.25) is 0 Å². The molecule has 136 valence electrons. The van der Waals surface area contributed by atoms with Crippen molar-refractivity contribution < 1.29 is 12.2 Å². The van der Waals surface area contributed by atoms with Crippen LogP contribution in [0.25, 0.3) is 11.0 Å². The second-order valence-electron chi connectivity index (χ2n) is 6.20. The lowest BCUT2D eigenvalue weighted by molar-refractivity contribution is 0.292. The van der Waals surface area contributed by atoms with E-state index in [9.17, 15) is 0 Å². The second-order valence-corrected chi connectivity index (χ2v) is 7.32. The van der Waals surface area contributed by atoms with E-state index in [0.717, 1.165) is 40.3 Å². The number of hydrogen-bond acceptors (Lipinski definition) is 5. The first-order chi connectivity index (χ1) is 13.5. The Morgan fingerprint density at radius 2 is 2.08 bits per heavy atom. The lowest BCUT2D eigenvalue weighted by Crippen LogP contribution is -2.14. The van der Waals surface area contributed by atoms with E-state index in [2.05, 4.69) is 10.3 Å². The van der Waals surface area contributed by atoms with Crippen LogP contribution < -0.4 is 14.8 Å². The molecule has 3 atom stereocenters. The standard InChI is InChI=1S/C20H23N3O2S/c1-23-19-10-16(24-2)7-8-18(19)22-20(23)12-25-15-5-3-14(4-6-15)9-17-11-21-13-26-17/h3-8,10,17,21H,9,11-13H2,1-2H3/i11D,13D. The highest BCUT2D eigenvalue weighted by atomic mass is 32.2. The second kappa shape index (κ2) is 7.60. The minimum Gasteiger partial charge on any atom is -0.497 e. The summed E-state index contributed by atoms with van der Waals surface area (Å²) in [6.07, 6.45) is 0.772. The molecule has 4 rings (SSSR count). The molecule has 1 aliphatic heterocycles. The number of imidazole rings is 1. The van der Waals surface area contributed by atoms with Crippen LogP contribution in [0, 0.1) is 0 Å². The Morgan fingerprint density at radius 1 is 1.27 bits per heavy atom. The summed E-state index contributed by atoms with van der Waals surface area (Å²) in [5.74, 6) is 2.04. The normalized spacial score (nSPS) is 23.7. The van der Waals surface area contributed by atoms with Crippen LogP contribution in [0.3, 0.4) is 0 Å². The van der Waals surface area contributed by atoms with E-state index in [-0.39, 0.29) is 11.8 Å². The number of nitrogens with one attached hydrogen (secondary N) is 1. The molecular weight excluding hydrogens is 346 g/mol. The number of nitrogens with zero attached hydrogens (tertiary/aromatic N) is 2. The third kappa shape index (κ3) is 3.66. The summed E-state index contributed by atoms with van der Waals surface area (Å²) in [5, 5.41) is 3.02. The van der Waals surface area contributed by atoms with Crippen molar-refractivity contribution in [3.8, 4) is 11.5 Å². The molecule has 3 aromatic rings. The average molecular weight is 372 g/mol. The van der Waals surface area contributed by atoms with E-state index in [1.54, 1.807) is 7.11 Å². The van der Waals surface area contributed by atoms with Gasteiger partial charge in [-0.2, -0.15) is 0 Å². The monoisotopic (exact) mass is 371 g/mol. The SMILES string of the molecule is [2H]C1NC([2H])C(Cc2ccc(OCc3nc4ccc(OC)cc4n3C)cc2)S1. The average Bonchev–Trinajstić information content (AvgIpc) is 3.19. The highest BCUT2D eigenvalue weighted by molar-refractivity contribution is 8.00. The van der Waals surface area contributed by atoms with E-state index in [0.29, 0.717) is 6.61 Å². The first-order valence-corrected chi connectivity index (χ1v) is 9.45. The zero-order valence-electron chi connectivity index (χ0n) is 16.8. The summed E-state index contributed by atoms with van der Waals surface area (Å²) in [7, 11) is 3.63. The molecule has 0 bridgehead atoms. The molecule has 5 nitrogen and oxygen atoms in total. The van der Waals surface area contributed by atoms with Gasteiger partial charge in [-0.1, -0.05) is 12.1 Å².